The van der Waals surface area contributed by atoms with Crippen LogP contribution in [0.3, 0.4) is 0 Å². The molecule has 3 aliphatic rings. The average Bonchev–Trinajstić information content (AvgIpc) is 3.29. The van der Waals surface area contributed by atoms with E-state index in [1.807, 2.05) is 17.8 Å². The van der Waals surface area contributed by atoms with Gasteiger partial charge in [0.05, 0.1) is 30.7 Å². The van der Waals surface area contributed by atoms with Crippen LogP contribution < -0.4 is 4.90 Å². The van der Waals surface area contributed by atoms with Gasteiger partial charge in [0, 0.05) is 24.5 Å². The number of piperidine rings is 1. The van der Waals surface area contributed by atoms with Crippen molar-refractivity contribution < 1.29 is 9.13 Å². The van der Waals surface area contributed by atoms with E-state index < -0.39 is 6.10 Å². The van der Waals surface area contributed by atoms with E-state index >= 15 is 0 Å². The zero-order valence-corrected chi connectivity index (χ0v) is 19.2. The molecule has 0 radical (unpaired) electrons. The summed E-state index contributed by atoms with van der Waals surface area (Å²) in [6.07, 6.45) is 4.77. The van der Waals surface area contributed by atoms with Crippen molar-refractivity contribution in [2.45, 2.75) is 38.8 Å². The van der Waals surface area contributed by atoms with E-state index in [0.717, 1.165) is 36.9 Å². The number of benzene rings is 1. The fraction of sp³-hybridized carbons (Fsp3) is 0.500. The van der Waals surface area contributed by atoms with Gasteiger partial charge in [0.2, 0.25) is 0 Å². The van der Waals surface area contributed by atoms with Crippen molar-refractivity contribution in [1.82, 2.24) is 25.0 Å². The quantitative estimate of drug-likeness (QED) is 0.576. The first kappa shape index (κ1) is 21.0. The van der Waals surface area contributed by atoms with Crippen molar-refractivity contribution in [1.29, 1.82) is 0 Å². The lowest BCUT2D eigenvalue weighted by Gasteiger charge is -2.39. The predicted molar refractivity (Wildman–Crippen MR) is 122 cm³/mol. The molecular formula is C24H26ClFN6O. The van der Waals surface area contributed by atoms with E-state index in [1.54, 1.807) is 6.07 Å². The van der Waals surface area contributed by atoms with Gasteiger partial charge in [0.15, 0.2) is 11.6 Å². The van der Waals surface area contributed by atoms with Crippen molar-refractivity contribution >= 4 is 17.3 Å². The molecule has 2 fully saturated rings. The normalized spacial score (nSPS) is 26.5. The molecule has 1 saturated carbocycles. The third-order valence-corrected chi connectivity index (χ3v) is 7.55. The molecule has 1 saturated heterocycles. The zero-order valence-electron chi connectivity index (χ0n) is 18.5. The monoisotopic (exact) mass is 468 g/mol. The van der Waals surface area contributed by atoms with E-state index in [9.17, 15) is 4.39 Å². The summed E-state index contributed by atoms with van der Waals surface area (Å²) in [5, 5.41) is 13.4. The molecule has 4 heterocycles. The molecule has 2 bridgehead atoms. The Morgan fingerprint density at radius 1 is 1.15 bits per heavy atom. The van der Waals surface area contributed by atoms with Crippen LogP contribution in [-0.2, 0) is 17.7 Å². The molecule has 1 unspecified atom stereocenters. The number of aromatic nitrogens is 5. The first-order chi connectivity index (χ1) is 16.0. The van der Waals surface area contributed by atoms with Crippen LogP contribution >= 0.6 is 11.6 Å². The molecule has 0 N–H and O–H groups in total. The van der Waals surface area contributed by atoms with Crippen molar-refractivity contribution in [3.8, 4) is 0 Å². The van der Waals surface area contributed by atoms with Crippen LogP contribution in [-0.4, -0.2) is 44.7 Å². The van der Waals surface area contributed by atoms with Gasteiger partial charge >= 0.3 is 0 Å². The van der Waals surface area contributed by atoms with Gasteiger partial charge in [-0.3, -0.25) is 0 Å². The summed E-state index contributed by atoms with van der Waals surface area (Å²) in [5.74, 6) is 3.03. The van der Waals surface area contributed by atoms with Gasteiger partial charge in [-0.25, -0.2) is 14.1 Å². The topological polar surface area (TPSA) is 69.0 Å². The number of aryl methyl sites for hydroxylation is 1. The number of fused-ring (bicyclic) bond motifs is 3. The largest absolute Gasteiger partial charge is 0.370 e. The molecule has 4 atom stereocenters. The number of hydrogen-bond acceptors (Lipinski definition) is 6. The smallest absolute Gasteiger partial charge is 0.161 e. The van der Waals surface area contributed by atoms with Gasteiger partial charge in [-0.05, 0) is 67.3 Å². The molecule has 3 aromatic rings. The second kappa shape index (κ2) is 8.33. The summed E-state index contributed by atoms with van der Waals surface area (Å²) in [7, 11) is 0. The second-order valence-corrected chi connectivity index (χ2v) is 9.93. The van der Waals surface area contributed by atoms with Gasteiger partial charge < -0.3 is 9.64 Å². The van der Waals surface area contributed by atoms with Gasteiger partial charge in [-0.1, -0.05) is 11.6 Å². The fourth-order valence-electron chi connectivity index (χ4n) is 5.87. The van der Waals surface area contributed by atoms with Crippen molar-refractivity contribution in [3.05, 3.63) is 64.2 Å². The highest BCUT2D eigenvalue weighted by atomic mass is 35.5. The highest BCUT2D eigenvalue weighted by Crippen LogP contribution is 2.44. The minimum Gasteiger partial charge on any atom is -0.370 e. The summed E-state index contributed by atoms with van der Waals surface area (Å²) < 4.78 is 21.8. The molecule has 0 amide bonds. The Morgan fingerprint density at radius 2 is 1.97 bits per heavy atom. The summed E-state index contributed by atoms with van der Waals surface area (Å²) in [5.41, 5.74) is 2.79. The molecule has 2 aromatic heterocycles. The lowest BCUT2D eigenvalue weighted by Crippen LogP contribution is -2.43. The Bertz CT molecular complexity index is 1150. The molecule has 7 nitrogen and oxygen atoms in total. The Morgan fingerprint density at radius 3 is 2.73 bits per heavy atom. The van der Waals surface area contributed by atoms with E-state index in [2.05, 4.69) is 21.2 Å². The maximum Gasteiger partial charge on any atom is 0.161 e. The van der Waals surface area contributed by atoms with Gasteiger partial charge in [-0.2, -0.15) is 15.3 Å². The standard InChI is InChI=1S/C24H26ClFN6O/c1-14-6-20(11-27-29-14)31-12-15-2-3-16(13-31)21(15)10-22-28-24-23(33-5-4-32(24)30-22)17-7-18(25)9-19(26)8-17/h6-9,11,15-16,21,23H,2-5,10,12-13H2,1H3/t15-,16+,21?,23-/m0/s1. The maximum absolute atomic E-state index is 13.9. The van der Waals surface area contributed by atoms with Gasteiger partial charge in [-0.15, -0.1) is 0 Å². The highest BCUT2D eigenvalue weighted by Gasteiger charge is 2.43. The van der Waals surface area contributed by atoms with E-state index in [-0.39, 0.29) is 5.82 Å². The van der Waals surface area contributed by atoms with Crippen LogP contribution in [0.25, 0.3) is 0 Å². The first-order valence-electron chi connectivity index (χ1n) is 11.6. The maximum atomic E-state index is 13.9. The molecule has 1 aliphatic carbocycles. The molecule has 2 aliphatic heterocycles. The van der Waals surface area contributed by atoms with E-state index in [1.165, 1.54) is 30.7 Å². The third-order valence-electron chi connectivity index (χ3n) is 7.33. The van der Waals surface area contributed by atoms with Crippen LogP contribution in [0.2, 0.25) is 5.02 Å². The highest BCUT2D eigenvalue weighted by molar-refractivity contribution is 6.30. The summed E-state index contributed by atoms with van der Waals surface area (Å²) in [4.78, 5) is 7.34. The van der Waals surface area contributed by atoms with E-state index in [0.29, 0.717) is 41.5 Å². The van der Waals surface area contributed by atoms with Crippen LogP contribution in [0.1, 0.15) is 41.9 Å². The first-order valence-corrected chi connectivity index (χ1v) is 12.0. The average molecular weight is 469 g/mol. The third kappa shape index (κ3) is 3.99. The predicted octanol–water partition coefficient (Wildman–Crippen LogP) is 3.99. The minimum atomic E-state index is -0.450. The molecule has 33 heavy (non-hydrogen) atoms. The molecule has 1 aromatic carbocycles. The Kier molecular flexibility index (Phi) is 5.30. The summed E-state index contributed by atoms with van der Waals surface area (Å²) in [6.45, 7) is 5.22. The summed E-state index contributed by atoms with van der Waals surface area (Å²) in [6, 6.07) is 6.63. The summed E-state index contributed by atoms with van der Waals surface area (Å²) >= 11 is 6.08. The minimum absolute atomic E-state index is 0.355. The van der Waals surface area contributed by atoms with Gasteiger partial charge in [0.25, 0.3) is 0 Å². The van der Waals surface area contributed by atoms with Crippen LogP contribution in [0.15, 0.2) is 30.5 Å². The zero-order chi connectivity index (χ0) is 22.5. The molecule has 6 rings (SSSR count). The van der Waals surface area contributed by atoms with Crippen LogP contribution in [0.4, 0.5) is 10.1 Å². The Hall–Kier alpha value is -2.58. The lowest BCUT2D eigenvalue weighted by molar-refractivity contribution is 0.0388. The van der Waals surface area contributed by atoms with Crippen molar-refractivity contribution in [2.24, 2.45) is 17.8 Å². The Balaban J connectivity index is 1.21. The number of anilines is 1. The fourth-order valence-corrected chi connectivity index (χ4v) is 6.10. The van der Waals surface area contributed by atoms with Crippen molar-refractivity contribution in [2.75, 3.05) is 24.6 Å². The molecule has 0 spiro atoms. The van der Waals surface area contributed by atoms with Crippen LogP contribution in [0, 0.1) is 30.5 Å². The number of nitrogens with zero attached hydrogens (tertiary/aromatic N) is 6. The molecule has 172 valence electrons. The van der Waals surface area contributed by atoms with Gasteiger partial charge in [0.1, 0.15) is 11.9 Å². The lowest BCUT2D eigenvalue weighted by atomic mass is 9.82. The number of ether oxygens (including phenoxy) is 1. The van der Waals surface area contributed by atoms with Crippen molar-refractivity contribution in [3.63, 3.8) is 0 Å². The number of rotatable bonds is 4. The number of halogens is 2. The SMILES string of the molecule is Cc1cc(N2C[C@H]3CC[C@@H](C2)C3Cc2nc3n(n2)CCO[C@H]3c2cc(F)cc(Cl)c2)cnn1. The number of hydrogen-bond donors (Lipinski definition) is 0. The second-order valence-electron chi connectivity index (χ2n) is 9.49. The molecular weight excluding hydrogens is 443 g/mol. The molecule has 9 heteroatoms. The Labute approximate surface area is 196 Å². The van der Waals surface area contributed by atoms with E-state index in [4.69, 9.17) is 26.4 Å². The van der Waals surface area contributed by atoms with Crippen LogP contribution in [0.5, 0.6) is 0 Å².